The lowest BCUT2D eigenvalue weighted by atomic mass is 10.1. The zero-order valence-electron chi connectivity index (χ0n) is 12.8. The Morgan fingerprint density at radius 3 is 2.22 bits per heavy atom. The highest BCUT2D eigenvalue weighted by molar-refractivity contribution is 6.35. The minimum absolute atomic E-state index is 0.0311. The summed E-state index contributed by atoms with van der Waals surface area (Å²) in [7, 11) is 0. The Morgan fingerprint density at radius 1 is 1.17 bits per heavy atom. The van der Waals surface area contributed by atoms with Crippen LogP contribution in [-0.2, 0) is 9.59 Å². The molecule has 0 amide bonds. The lowest BCUT2D eigenvalue weighted by Gasteiger charge is -2.14. The van der Waals surface area contributed by atoms with Crippen molar-refractivity contribution in [1.82, 2.24) is 19.9 Å². The van der Waals surface area contributed by atoms with Crippen molar-refractivity contribution in [2.24, 2.45) is 0 Å². The highest BCUT2D eigenvalue weighted by Crippen LogP contribution is 2.17. The highest BCUT2D eigenvalue weighted by Gasteiger charge is 2.19. The number of carbonyl (C=O) groups is 2. The number of fused-ring (bicyclic) bond motifs is 1. The Hall–Kier alpha value is -2.72. The number of hydrogen-bond donors (Lipinski definition) is 4. The number of aromatic nitrogens is 4. The molecule has 0 saturated carbocycles. The summed E-state index contributed by atoms with van der Waals surface area (Å²) in [5, 5.41) is 18.8. The molecular weight excluding hydrogens is 306 g/mol. The minimum atomic E-state index is -1.19. The Labute approximate surface area is 130 Å². The second-order valence-electron chi connectivity index (χ2n) is 4.71. The number of aliphatic hydroxyl groups is 2. The van der Waals surface area contributed by atoms with E-state index in [4.69, 9.17) is 5.73 Å². The first-order chi connectivity index (χ1) is 10.6. The summed E-state index contributed by atoms with van der Waals surface area (Å²) in [5.74, 6) is -0.724. The van der Waals surface area contributed by atoms with E-state index in [1.54, 1.807) is 0 Å². The van der Waals surface area contributed by atoms with Gasteiger partial charge in [0.25, 0.3) is 0 Å². The zero-order chi connectivity index (χ0) is 17.7. The number of nitrogens with one attached hydrogen (secondary N) is 1. The number of ketones is 2. The number of Topliss-reactive ketones (excluding diaryl/α,β-unsaturated/α-hetero) is 2. The van der Waals surface area contributed by atoms with Crippen molar-refractivity contribution < 1.29 is 19.8 Å². The zero-order valence-corrected chi connectivity index (χ0v) is 12.8. The number of carbonyl (C=O) groups excluding carboxylic acids is 2. The van der Waals surface area contributed by atoms with Crippen LogP contribution in [0.5, 0.6) is 0 Å². The summed E-state index contributed by atoms with van der Waals surface area (Å²) in [5.41, 5.74) is 4.78. The van der Waals surface area contributed by atoms with Gasteiger partial charge in [-0.05, 0) is 6.92 Å². The number of nitrogens with zero attached hydrogens (tertiary/aromatic N) is 3. The van der Waals surface area contributed by atoms with Crippen molar-refractivity contribution in [3.63, 3.8) is 0 Å². The molecule has 2 atom stereocenters. The number of H-pyrrole nitrogens is 1. The number of aliphatic hydroxyl groups excluding tert-OH is 2. The van der Waals surface area contributed by atoms with Gasteiger partial charge in [-0.3, -0.25) is 14.4 Å². The second kappa shape index (κ2) is 7.51. The van der Waals surface area contributed by atoms with Gasteiger partial charge >= 0.3 is 5.56 Å². The number of nitrogen functional groups attached to an aromatic ring is 1. The van der Waals surface area contributed by atoms with Crippen LogP contribution >= 0.6 is 0 Å². The molecule has 0 bridgehead atoms. The Kier molecular flexibility index (Phi) is 5.99. The van der Waals surface area contributed by atoms with Gasteiger partial charge in [0.1, 0.15) is 6.10 Å². The average molecular weight is 323 g/mol. The van der Waals surface area contributed by atoms with Gasteiger partial charge in [-0.25, -0.2) is 4.98 Å². The van der Waals surface area contributed by atoms with Gasteiger partial charge in [0, 0.05) is 20.0 Å². The number of rotatable bonds is 3. The number of anilines is 1. The highest BCUT2D eigenvalue weighted by atomic mass is 16.3. The molecule has 2 aliphatic rings. The van der Waals surface area contributed by atoms with Crippen molar-refractivity contribution in [3.05, 3.63) is 22.2 Å². The predicted octanol–water partition coefficient (Wildman–Crippen LogP) is -1.17. The van der Waals surface area contributed by atoms with Crippen LogP contribution in [0.4, 0.5) is 5.95 Å². The van der Waals surface area contributed by atoms with Crippen LogP contribution in [-0.4, -0.2) is 47.8 Å². The van der Waals surface area contributed by atoms with Crippen LogP contribution in [0.25, 0.3) is 11.5 Å². The van der Waals surface area contributed by atoms with Crippen LogP contribution in [0.2, 0.25) is 0 Å². The van der Waals surface area contributed by atoms with Gasteiger partial charge in [-0.1, -0.05) is 0 Å². The molecule has 0 saturated heterocycles. The third kappa shape index (κ3) is 4.90. The van der Waals surface area contributed by atoms with Crippen molar-refractivity contribution in [2.45, 2.75) is 33.0 Å². The third-order valence-corrected chi connectivity index (χ3v) is 2.72. The van der Waals surface area contributed by atoms with E-state index >= 15 is 0 Å². The molecule has 0 fully saturated rings. The second-order valence-corrected chi connectivity index (χ2v) is 4.71. The van der Waals surface area contributed by atoms with Crippen molar-refractivity contribution in [3.8, 4) is 11.5 Å². The number of aromatic amines is 1. The van der Waals surface area contributed by atoms with Gasteiger partial charge in [-0.2, -0.15) is 9.97 Å². The average Bonchev–Trinajstić information content (AvgIpc) is 2.46. The molecule has 2 heterocycles. The lowest BCUT2D eigenvalue weighted by Crippen LogP contribution is -2.21. The van der Waals surface area contributed by atoms with Crippen LogP contribution in [0, 0.1) is 0 Å². The molecule has 0 aromatic rings. The van der Waals surface area contributed by atoms with E-state index in [0.29, 0.717) is 0 Å². The Morgan fingerprint density at radius 2 is 1.74 bits per heavy atom. The molecule has 0 spiro atoms. The van der Waals surface area contributed by atoms with Crippen LogP contribution in [0.1, 0.15) is 32.6 Å². The molecular formula is C13H17N5O5. The fourth-order valence-electron chi connectivity index (χ4n) is 1.35. The molecule has 0 aliphatic carbocycles. The molecule has 23 heavy (non-hydrogen) atoms. The first kappa shape index (κ1) is 18.3. The van der Waals surface area contributed by atoms with Gasteiger partial charge in [0.15, 0.2) is 23.1 Å². The van der Waals surface area contributed by atoms with E-state index in [1.807, 2.05) is 0 Å². The molecule has 10 heteroatoms. The minimum Gasteiger partial charge on any atom is -0.390 e. The van der Waals surface area contributed by atoms with E-state index < -0.39 is 17.8 Å². The molecule has 0 unspecified atom stereocenters. The summed E-state index contributed by atoms with van der Waals surface area (Å²) in [6.07, 6.45) is -0.836. The fraction of sp³-hybridized carbons (Fsp3) is 0.385. The molecule has 0 radical (unpaired) electrons. The van der Waals surface area contributed by atoms with E-state index in [2.05, 4.69) is 19.9 Å². The van der Waals surface area contributed by atoms with E-state index in [9.17, 15) is 24.6 Å². The van der Waals surface area contributed by atoms with Gasteiger partial charge in [0.05, 0.1) is 11.8 Å². The van der Waals surface area contributed by atoms with Gasteiger partial charge in [-0.15, -0.1) is 0 Å². The molecule has 0 aromatic heterocycles. The molecule has 124 valence electrons. The van der Waals surface area contributed by atoms with E-state index in [-0.39, 0.29) is 34.7 Å². The monoisotopic (exact) mass is 323 g/mol. The number of nitrogens with two attached hydrogens (primary N) is 1. The summed E-state index contributed by atoms with van der Waals surface area (Å²) in [4.78, 5) is 44.9. The Balaban J connectivity index is 0.000000379. The normalized spacial score (nSPS) is 12.9. The summed E-state index contributed by atoms with van der Waals surface area (Å²) in [6.45, 7) is 3.92. The van der Waals surface area contributed by atoms with Gasteiger partial charge < -0.3 is 20.9 Å². The molecule has 2 aliphatic heterocycles. The SMILES string of the molecule is CC(=O)C(C)=O.C[C@H](O)[C@H](O)c1c[nH]c2nc(N)nc(=O)c-2n1. The van der Waals surface area contributed by atoms with Crippen LogP contribution in [0.3, 0.4) is 0 Å². The summed E-state index contributed by atoms with van der Waals surface area (Å²) < 4.78 is 0. The predicted molar refractivity (Wildman–Crippen MR) is 79.5 cm³/mol. The van der Waals surface area contributed by atoms with Crippen molar-refractivity contribution >= 4 is 17.5 Å². The van der Waals surface area contributed by atoms with E-state index in [1.165, 1.54) is 27.0 Å². The molecule has 10 nitrogen and oxygen atoms in total. The van der Waals surface area contributed by atoms with Crippen molar-refractivity contribution in [1.29, 1.82) is 0 Å². The maximum absolute atomic E-state index is 11.5. The molecule has 2 rings (SSSR count). The first-order valence-corrected chi connectivity index (χ1v) is 6.54. The Bertz CT molecular complexity index is 730. The maximum atomic E-state index is 11.5. The first-order valence-electron chi connectivity index (χ1n) is 6.54. The largest absolute Gasteiger partial charge is 0.390 e. The standard InChI is InChI=1S/C9H11N5O3.C4H6O2/c1-3(15)6(16)4-2-11-7-5(12-4)8(17)14-9(10)13-7;1-3(5)4(2)6/h2-3,6,15-16H,1H3,(H3,10,11,13,14,17);1-2H3/t3-,6-;/m0./s1. The quantitative estimate of drug-likeness (QED) is 0.507. The lowest BCUT2D eigenvalue weighted by molar-refractivity contribution is -0.134. The smallest absolute Gasteiger partial charge is 0.302 e. The van der Waals surface area contributed by atoms with Crippen molar-refractivity contribution in [2.75, 3.05) is 5.73 Å². The summed E-state index contributed by atoms with van der Waals surface area (Å²) in [6, 6.07) is 0. The van der Waals surface area contributed by atoms with Crippen LogP contribution < -0.4 is 11.3 Å². The van der Waals surface area contributed by atoms with Gasteiger partial charge in [0.2, 0.25) is 5.95 Å². The third-order valence-electron chi connectivity index (χ3n) is 2.72. The number of hydrogen-bond acceptors (Lipinski definition) is 9. The van der Waals surface area contributed by atoms with E-state index in [0.717, 1.165) is 0 Å². The van der Waals surface area contributed by atoms with Crippen LogP contribution in [0.15, 0.2) is 11.0 Å². The maximum Gasteiger partial charge on any atom is 0.302 e. The molecule has 0 aromatic carbocycles. The summed E-state index contributed by atoms with van der Waals surface area (Å²) >= 11 is 0. The molecule has 5 N–H and O–H groups in total. The fourth-order valence-corrected chi connectivity index (χ4v) is 1.35. The topological polar surface area (TPSA) is 172 Å².